The lowest BCUT2D eigenvalue weighted by Gasteiger charge is -2.06. The lowest BCUT2D eigenvalue weighted by Crippen LogP contribution is -1.99. The Kier molecular flexibility index (Phi) is 3.52. The molecule has 0 amide bonds. The van der Waals surface area contributed by atoms with Crippen LogP contribution in [-0.4, -0.2) is 11.5 Å². The van der Waals surface area contributed by atoms with E-state index in [0.29, 0.717) is 0 Å². The SMILES string of the molecule is Cc1cc(CCCCN)cc2cccnc12. The maximum absolute atomic E-state index is 5.50. The number of rotatable bonds is 4. The monoisotopic (exact) mass is 214 g/mol. The zero-order chi connectivity index (χ0) is 11.4. The molecule has 2 rings (SSSR count). The molecule has 0 atom stereocenters. The van der Waals surface area contributed by atoms with E-state index in [4.69, 9.17) is 5.73 Å². The molecule has 16 heavy (non-hydrogen) atoms. The van der Waals surface area contributed by atoms with E-state index in [-0.39, 0.29) is 0 Å². The van der Waals surface area contributed by atoms with E-state index in [1.54, 1.807) is 0 Å². The standard InChI is InChI=1S/C14H18N2/c1-11-9-12(5-2-3-7-15)10-13-6-4-8-16-14(11)13/h4,6,8-10H,2-3,5,7,15H2,1H3. The molecule has 0 aliphatic heterocycles. The smallest absolute Gasteiger partial charge is 0.0731 e. The summed E-state index contributed by atoms with van der Waals surface area (Å²) in [5.41, 5.74) is 9.28. The van der Waals surface area contributed by atoms with Gasteiger partial charge in [-0.05, 0) is 56.0 Å². The van der Waals surface area contributed by atoms with Gasteiger partial charge in [0.25, 0.3) is 0 Å². The van der Waals surface area contributed by atoms with Crippen molar-refractivity contribution < 1.29 is 0 Å². The van der Waals surface area contributed by atoms with Crippen molar-refractivity contribution in [1.82, 2.24) is 4.98 Å². The minimum absolute atomic E-state index is 0.786. The second-order valence-electron chi connectivity index (χ2n) is 4.23. The normalized spacial score (nSPS) is 10.9. The van der Waals surface area contributed by atoms with Crippen LogP contribution in [0.5, 0.6) is 0 Å². The fraction of sp³-hybridized carbons (Fsp3) is 0.357. The van der Waals surface area contributed by atoms with Gasteiger partial charge in [0.15, 0.2) is 0 Å². The number of unbranched alkanes of at least 4 members (excludes halogenated alkanes) is 1. The summed E-state index contributed by atoms with van der Waals surface area (Å²) in [6, 6.07) is 8.60. The molecule has 1 heterocycles. The molecule has 0 saturated heterocycles. The van der Waals surface area contributed by atoms with Gasteiger partial charge in [0.1, 0.15) is 0 Å². The Bertz CT molecular complexity index is 477. The van der Waals surface area contributed by atoms with E-state index < -0.39 is 0 Å². The van der Waals surface area contributed by atoms with E-state index >= 15 is 0 Å². The minimum Gasteiger partial charge on any atom is -0.330 e. The van der Waals surface area contributed by atoms with Crippen molar-refractivity contribution in [1.29, 1.82) is 0 Å². The van der Waals surface area contributed by atoms with Crippen molar-refractivity contribution in [3.05, 3.63) is 41.6 Å². The molecular weight excluding hydrogens is 196 g/mol. The molecule has 0 aliphatic carbocycles. The van der Waals surface area contributed by atoms with Crippen LogP contribution in [-0.2, 0) is 6.42 Å². The van der Waals surface area contributed by atoms with Crippen LogP contribution in [0, 0.1) is 6.92 Å². The van der Waals surface area contributed by atoms with Crippen LogP contribution in [0.25, 0.3) is 10.9 Å². The van der Waals surface area contributed by atoms with E-state index in [1.165, 1.54) is 22.9 Å². The first kappa shape index (κ1) is 11.1. The third kappa shape index (κ3) is 2.39. The number of aryl methyl sites for hydroxylation is 2. The van der Waals surface area contributed by atoms with Gasteiger partial charge < -0.3 is 5.73 Å². The molecule has 0 bridgehead atoms. The summed E-state index contributed by atoms with van der Waals surface area (Å²) in [4.78, 5) is 4.40. The summed E-state index contributed by atoms with van der Waals surface area (Å²) in [5.74, 6) is 0. The highest BCUT2D eigenvalue weighted by atomic mass is 14.6. The average Bonchev–Trinajstić information content (AvgIpc) is 2.30. The van der Waals surface area contributed by atoms with Crippen LogP contribution in [0.2, 0.25) is 0 Å². The van der Waals surface area contributed by atoms with Gasteiger partial charge in [-0.15, -0.1) is 0 Å². The van der Waals surface area contributed by atoms with Crippen molar-refractivity contribution in [2.75, 3.05) is 6.54 Å². The van der Waals surface area contributed by atoms with Gasteiger partial charge in [-0.3, -0.25) is 4.98 Å². The quantitative estimate of drug-likeness (QED) is 0.795. The van der Waals surface area contributed by atoms with Gasteiger partial charge in [0.2, 0.25) is 0 Å². The Morgan fingerprint density at radius 1 is 1.25 bits per heavy atom. The first-order valence-electron chi connectivity index (χ1n) is 5.85. The Labute approximate surface area is 96.5 Å². The van der Waals surface area contributed by atoms with E-state index in [2.05, 4.69) is 30.1 Å². The molecule has 0 unspecified atom stereocenters. The van der Waals surface area contributed by atoms with E-state index in [1.807, 2.05) is 12.3 Å². The first-order chi connectivity index (χ1) is 7.81. The van der Waals surface area contributed by atoms with Gasteiger partial charge in [0.05, 0.1) is 5.52 Å². The Hall–Kier alpha value is -1.41. The number of benzene rings is 1. The predicted molar refractivity (Wildman–Crippen MR) is 68.5 cm³/mol. The topological polar surface area (TPSA) is 38.9 Å². The largest absolute Gasteiger partial charge is 0.330 e. The number of nitrogens with two attached hydrogens (primary N) is 1. The van der Waals surface area contributed by atoms with Crippen molar-refractivity contribution in [2.45, 2.75) is 26.2 Å². The third-order valence-corrected chi connectivity index (χ3v) is 2.87. The van der Waals surface area contributed by atoms with Gasteiger partial charge >= 0.3 is 0 Å². The van der Waals surface area contributed by atoms with E-state index in [9.17, 15) is 0 Å². The molecule has 0 spiro atoms. The first-order valence-corrected chi connectivity index (χ1v) is 5.85. The van der Waals surface area contributed by atoms with E-state index in [0.717, 1.165) is 24.9 Å². The second-order valence-corrected chi connectivity index (χ2v) is 4.23. The minimum atomic E-state index is 0.786. The van der Waals surface area contributed by atoms with Crippen LogP contribution in [0.4, 0.5) is 0 Å². The summed E-state index contributed by atoms with van der Waals surface area (Å²) in [5, 5.41) is 1.24. The lowest BCUT2D eigenvalue weighted by atomic mass is 10.0. The summed E-state index contributed by atoms with van der Waals surface area (Å²) >= 11 is 0. The molecule has 2 aromatic rings. The zero-order valence-corrected chi connectivity index (χ0v) is 9.74. The molecule has 1 aromatic heterocycles. The molecule has 2 N–H and O–H groups in total. The van der Waals surface area contributed by atoms with Crippen molar-refractivity contribution in [2.24, 2.45) is 5.73 Å². The predicted octanol–water partition coefficient (Wildman–Crippen LogP) is 2.82. The molecule has 84 valence electrons. The zero-order valence-electron chi connectivity index (χ0n) is 9.74. The fourth-order valence-electron chi connectivity index (χ4n) is 2.07. The number of hydrogen-bond acceptors (Lipinski definition) is 2. The van der Waals surface area contributed by atoms with Crippen LogP contribution in [0.15, 0.2) is 30.5 Å². The van der Waals surface area contributed by atoms with Crippen LogP contribution in [0.1, 0.15) is 24.0 Å². The van der Waals surface area contributed by atoms with Gasteiger partial charge in [0, 0.05) is 11.6 Å². The molecule has 0 fully saturated rings. The summed E-state index contributed by atoms with van der Waals surface area (Å²) in [7, 11) is 0. The molecule has 0 aliphatic rings. The maximum atomic E-state index is 5.50. The summed E-state index contributed by atoms with van der Waals surface area (Å²) < 4.78 is 0. The molecule has 1 aromatic carbocycles. The highest BCUT2D eigenvalue weighted by Crippen LogP contribution is 2.19. The van der Waals surface area contributed by atoms with Gasteiger partial charge in [-0.1, -0.05) is 12.1 Å². The number of nitrogens with zero attached hydrogens (tertiary/aromatic N) is 1. The van der Waals surface area contributed by atoms with Crippen molar-refractivity contribution in [3.8, 4) is 0 Å². The second kappa shape index (κ2) is 5.08. The van der Waals surface area contributed by atoms with Crippen LogP contribution >= 0.6 is 0 Å². The van der Waals surface area contributed by atoms with Gasteiger partial charge in [-0.25, -0.2) is 0 Å². The van der Waals surface area contributed by atoms with Crippen LogP contribution in [0.3, 0.4) is 0 Å². The van der Waals surface area contributed by atoms with Gasteiger partial charge in [-0.2, -0.15) is 0 Å². The molecule has 2 heteroatoms. The lowest BCUT2D eigenvalue weighted by molar-refractivity contribution is 0.745. The van der Waals surface area contributed by atoms with Crippen molar-refractivity contribution >= 4 is 10.9 Å². The molecule has 2 nitrogen and oxygen atoms in total. The maximum Gasteiger partial charge on any atom is 0.0731 e. The molecular formula is C14H18N2. The number of hydrogen-bond donors (Lipinski definition) is 1. The highest BCUT2D eigenvalue weighted by molar-refractivity contribution is 5.82. The fourth-order valence-corrected chi connectivity index (χ4v) is 2.07. The average molecular weight is 214 g/mol. The Morgan fingerprint density at radius 2 is 2.12 bits per heavy atom. The highest BCUT2D eigenvalue weighted by Gasteiger charge is 2.01. The Morgan fingerprint density at radius 3 is 2.94 bits per heavy atom. The Balaban J connectivity index is 2.27. The van der Waals surface area contributed by atoms with Crippen LogP contribution < -0.4 is 5.73 Å². The number of aromatic nitrogens is 1. The molecule has 0 radical (unpaired) electrons. The summed E-state index contributed by atoms with van der Waals surface area (Å²) in [6.07, 6.45) is 5.23. The van der Waals surface area contributed by atoms with Crippen molar-refractivity contribution in [3.63, 3.8) is 0 Å². The third-order valence-electron chi connectivity index (χ3n) is 2.87. The molecule has 0 saturated carbocycles. The number of fused-ring (bicyclic) bond motifs is 1. The number of pyridine rings is 1. The summed E-state index contributed by atoms with van der Waals surface area (Å²) in [6.45, 7) is 2.91.